The van der Waals surface area contributed by atoms with E-state index in [0.29, 0.717) is 5.56 Å². The Hall–Kier alpha value is -2.93. The maximum absolute atomic E-state index is 13.9. The van der Waals surface area contributed by atoms with Crippen LogP contribution in [0.3, 0.4) is 0 Å². The first-order chi connectivity index (χ1) is 13.2. The summed E-state index contributed by atoms with van der Waals surface area (Å²) >= 11 is 5.99. The van der Waals surface area contributed by atoms with Crippen LogP contribution in [0.15, 0.2) is 48.5 Å². The first kappa shape index (κ1) is 19.8. The van der Waals surface area contributed by atoms with E-state index in [2.05, 4.69) is 5.32 Å². The Bertz CT molecular complexity index is 917. The van der Waals surface area contributed by atoms with Gasteiger partial charge in [-0.15, -0.1) is 0 Å². The van der Waals surface area contributed by atoms with E-state index in [4.69, 9.17) is 11.6 Å². The van der Waals surface area contributed by atoms with E-state index in [9.17, 15) is 18.8 Å². The zero-order valence-electron chi connectivity index (χ0n) is 15.4. The van der Waals surface area contributed by atoms with Gasteiger partial charge in [0.05, 0.1) is 0 Å². The second-order valence-corrected chi connectivity index (χ2v) is 7.17. The van der Waals surface area contributed by atoms with Crippen LogP contribution in [0.2, 0.25) is 5.02 Å². The number of amides is 4. The highest BCUT2D eigenvalue weighted by Crippen LogP contribution is 2.28. The smallest absolute Gasteiger partial charge is 0.325 e. The van der Waals surface area contributed by atoms with Crippen molar-refractivity contribution in [3.63, 3.8) is 0 Å². The number of nitrogens with one attached hydrogen (secondary N) is 1. The van der Waals surface area contributed by atoms with Crippen molar-refractivity contribution in [1.29, 1.82) is 0 Å². The first-order valence-electron chi connectivity index (χ1n) is 8.60. The van der Waals surface area contributed by atoms with Crippen LogP contribution in [0.1, 0.15) is 18.1 Å². The van der Waals surface area contributed by atoms with Gasteiger partial charge in [0.25, 0.3) is 5.91 Å². The molecule has 6 nitrogen and oxygen atoms in total. The summed E-state index contributed by atoms with van der Waals surface area (Å²) in [6.45, 7) is 1.06. The third kappa shape index (κ3) is 3.57. The topological polar surface area (TPSA) is 69.7 Å². The number of nitrogens with zero attached hydrogens (tertiary/aromatic N) is 2. The standard InChI is InChI=1S/C20H19ClFN3O3/c1-20(13-7-4-3-5-8-13)18(27)25(19(28)23-20)12-17(26)24(2)11-14-15(21)9-6-10-16(14)22/h3-10H,11-12H2,1-2H3,(H,23,28)/t20-/m1/s1. The molecule has 28 heavy (non-hydrogen) atoms. The predicted octanol–water partition coefficient (Wildman–Crippen LogP) is 2.90. The molecule has 1 heterocycles. The van der Waals surface area contributed by atoms with Crippen molar-refractivity contribution in [2.24, 2.45) is 0 Å². The molecule has 2 aromatic carbocycles. The number of urea groups is 1. The van der Waals surface area contributed by atoms with Crippen LogP contribution < -0.4 is 5.32 Å². The fourth-order valence-electron chi connectivity index (χ4n) is 3.07. The van der Waals surface area contributed by atoms with Gasteiger partial charge < -0.3 is 10.2 Å². The van der Waals surface area contributed by atoms with Gasteiger partial charge in [-0.2, -0.15) is 0 Å². The quantitative estimate of drug-likeness (QED) is 0.780. The van der Waals surface area contributed by atoms with Gasteiger partial charge in [0.15, 0.2) is 0 Å². The highest BCUT2D eigenvalue weighted by molar-refractivity contribution is 6.31. The fourth-order valence-corrected chi connectivity index (χ4v) is 3.30. The van der Waals surface area contributed by atoms with E-state index >= 15 is 0 Å². The van der Waals surface area contributed by atoms with E-state index in [-0.39, 0.29) is 17.1 Å². The molecule has 1 aliphatic heterocycles. The number of likely N-dealkylation sites (N-methyl/N-ethyl adjacent to an activating group) is 1. The Labute approximate surface area is 166 Å². The zero-order chi connectivity index (χ0) is 20.5. The molecule has 0 spiro atoms. The number of hydrogen-bond donors (Lipinski definition) is 1. The summed E-state index contributed by atoms with van der Waals surface area (Å²) in [5, 5.41) is 2.84. The number of benzene rings is 2. The monoisotopic (exact) mass is 403 g/mol. The Balaban J connectivity index is 1.73. The Morgan fingerprint density at radius 2 is 1.86 bits per heavy atom. The van der Waals surface area contributed by atoms with Gasteiger partial charge in [-0.1, -0.05) is 48.0 Å². The summed E-state index contributed by atoms with van der Waals surface area (Å²) in [5.41, 5.74) is -0.451. The van der Waals surface area contributed by atoms with Crippen LogP contribution >= 0.6 is 11.6 Å². The summed E-state index contributed by atoms with van der Waals surface area (Å²) in [7, 11) is 1.46. The molecule has 0 aliphatic carbocycles. The van der Waals surface area contributed by atoms with Crippen molar-refractivity contribution >= 4 is 29.4 Å². The summed E-state index contributed by atoms with van der Waals surface area (Å²) in [6.07, 6.45) is 0. The molecule has 8 heteroatoms. The van der Waals surface area contributed by atoms with E-state index in [1.54, 1.807) is 37.3 Å². The molecular weight excluding hydrogens is 385 g/mol. The lowest BCUT2D eigenvalue weighted by molar-refractivity contribution is -0.138. The molecule has 0 radical (unpaired) electrons. The minimum absolute atomic E-state index is 0.0794. The van der Waals surface area contributed by atoms with Crippen LogP contribution in [-0.2, 0) is 21.7 Å². The highest BCUT2D eigenvalue weighted by atomic mass is 35.5. The van der Waals surface area contributed by atoms with Gasteiger partial charge in [-0.3, -0.25) is 14.5 Å². The SMILES string of the molecule is CN(Cc1c(F)cccc1Cl)C(=O)CN1C(=O)N[C@](C)(c2ccccc2)C1=O. The summed E-state index contributed by atoms with van der Waals surface area (Å²) in [5.74, 6) is -1.56. The van der Waals surface area contributed by atoms with Gasteiger partial charge in [0.1, 0.15) is 17.9 Å². The van der Waals surface area contributed by atoms with E-state index < -0.39 is 35.7 Å². The van der Waals surface area contributed by atoms with E-state index in [1.807, 2.05) is 0 Å². The summed E-state index contributed by atoms with van der Waals surface area (Å²) in [6, 6.07) is 12.4. The second-order valence-electron chi connectivity index (χ2n) is 6.76. The van der Waals surface area contributed by atoms with Crippen LogP contribution in [0, 0.1) is 5.82 Å². The maximum atomic E-state index is 13.9. The van der Waals surface area contributed by atoms with Crippen LogP contribution in [-0.4, -0.2) is 41.2 Å². The van der Waals surface area contributed by atoms with Crippen LogP contribution in [0.25, 0.3) is 0 Å². The van der Waals surface area contributed by atoms with Crippen molar-refractivity contribution < 1.29 is 18.8 Å². The normalized spacial score (nSPS) is 18.9. The zero-order valence-corrected chi connectivity index (χ0v) is 16.2. The Morgan fingerprint density at radius 3 is 2.50 bits per heavy atom. The molecule has 1 atom stereocenters. The second kappa shape index (κ2) is 7.59. The molecule has 146 valence electrons. The molecule has 0 saturated carbocycles. The van der Waals surface area contributed by atoms with Gasteiger partial charge >= 0.3 is 6.03 Å². The summed E-state index contributed by atoms with van der Waals surface area (Å²) in [4.78, 5) is 39.8. The molecule has 3 rings (SSSR count). The average molecular weight is 404 g/mol. The van der Waals surface area contributed by atoms with E-state index in [1.165, 1.54) is 30.1 Å². The molecule has 0 bridgehead atoms. The van der Waals surface area contributed by atoms with Crippen LogP contribution in [0.4, 0.5) is 9.18 Å². The van der Waals surface area contributed by atoms with Crippen LogP contribution in [0.5, 0.6) is 0 Å². The summed E-state index contributed by atoms with van der Waals surface area (Å²) < 4.78 is 13.9. The number of rotatable bonds is 5. The molecule has 1 fully saturated rings. The maximum Gasteiger partial charge on any atom is 0.325 e. The molecule has 1 aliphatic rings. The minimum Gasteiger partial charge on any atom is -0.340 e. The number of halogens is 2. The van der Waals surface area contributed by atoms with Crippen molar-refractivity contribution in [1.82, 2.24) is 15.1 Å². The number of carbonyl (C=O) groups is 3. The Kier molecular flexibility index (Phi) is 5.38. The molecule has 2 aromatic rings. The third-order valence-corrected chi connectivity index (χ3v) is 5.16. The number of hydrogen-bond acceptors (Lipinski definition) is 3. The highest BCUT2D eigenvalue weighted by Gasteiger charge is 2.49. The van der Waals surface area contributed by atoms with Gasteiger partial charge in [0, 0.05) is 24.2 Å². The number of imide groups is 1. The molecule has 4 amide bonds. The largest absolute Gasteiger partial charge is 0.340 e. The third-order valence-electron chi connectivity index (χ3n) is 4.80. The van der Waals surface area contributed by atoms with Gasteiger partial charge in [-0.25, -0.2) is 9.18 Å². The molecule has 1 saturated heterocycles. The van der Waals surface area contributed by atoms with Crippen molar-refractivity contribution in [2.75, 3.05) is 13.6 Å². The lowest BCUT2D eigenvalue weighted by Crippen LogP contribution is -2.43. The molecule has 0 unspecified atom stereocenters. The van der Waals surface area contributed by atoms with Gasteiger partial charge in [0.2, 0.25) is 5.91 Å². The van der Waals surface area contributed by atoms with Crippen molar-refractivity contribution in [3.8, 4) is 0 Å². The van der Waals surface area contributed by atoms with Crippen molar-refractivity contribution in [2.45, 2.75) is 19.0 Å². The first-order valence-corrected chi connectivity index (χ1v) is 8.98. The lowest BCUT2D eigenvalue weighted by atomic mass is 9.92. The lowest BCUT2D eigenvalue weighted by Gasteiger charge is -2.23. The molecular formula is C20H19ClFN3O3. The van der Waals surface area contributed by atoms with Gasteiger partial charge in [-0.05, 0) is 24.6 Å². The fraction of sp³-hybridized carbons (Fsp3) is 0.250. The van der Waals surface area contributed by atoms with Crippen molar-refractivity contribution in [3.05, 3.63) is 70.5 Å². The van der Waals surface area contributed by atoms with E-state index in [0.717, 1.165) is 4.90 Å². The minimum atomic E-state index is -1.24. The predicted molar refractivity (Wildman–Crippen MR) is 102 cm³/mol. The molecule has 0 aromatic heterocycles. The molecule has 1 N–H and O–H groups in total. The average Bonchev–Trinajstić information content (AvgIpc) is 2.89. The number of carbonyl (C=O) groups excluding carboxylic acids is 3. The Morgan fingerprint density at radius 1 is 1.18 bits per heavy atom.